The summed E-state index contributed by atoms with van der Waals surface area (Å²) in [6.45, 7) is 4.34. The first-order valence-corrected chi connectivity index (χ1v) is 7.46. The van der Waals surface area contributed by atoms with Crippen LogP contribution in [0.1, 0.15) is 35.7 Å². The SMILES string of the molecule is CCC1(C(=O)N2CCc3cc(C(=O)O)ccc32)CCNC1. The molecule has 1 amide bonds. The minimum absolute atomic E-state index is 0.178. The number of carboxylic acid groups (broad SMARTS) is 1. The molecule has 112 valence electrons. The molecule has 0 aliphatic carbocycles. The molecule has 1 saturated heterocycles. The highest BCUT2D eigenvalue weighted by Gasteiger charge is 2.43. The molecule has 21 heavy (non-hydrogen) atoms. The van der Waals surface area contributed by atoms with Crippen molar-refractivity contribution in [1.82, 2.24) is 5.32 Å². The number of carbonyl (C=O) groups is 2. The van der Waals surface area contributed by atoms with Gasteiger partial charge in [-0.15, -0.1) is 0 Å². The highest BCUT2D eigenvalue weighted by molar-refractivity contribution is 6.00. The van der Waals surface area contributed by atoms with Gasteiger partial charge < -0.3 is 15.3 Å². The number of aromatic carboxylic acids is 1. The van der Waals surface area contributed by atoms with Crippen LogP contribution in [-0.4, -0.2) is 36.6 Å². The summed E-state index contributed by atoms with van der Waals surface area (Å²) in [5.41, 5.74) is 1.83. The Bertz CT molecular complexity index is 591. The Balaban J connectivity index is 1.90. The Hall–Kier alpha value is -1.88. The zero-order valence-corrected chi connectivity index (χ0v) is 12.2. The Morgan fingerprint density at radius 3 is 2.86 bits per heavy atom. The Kier molecular flexibility index (Phi) is 3.45. The summed E-state index contributed by atoms with van der Waals surface area (Å²) in [7, 11) is 0. The van der Waals surface area contributed by atoms with E-state index in [1.54, 1.807) is 18.2 Å². The molecule has 0 bridgehead atoms. The van der Waals surface area contributed by atoms with Gasteiger partial charge >= 0.3 is 5.97 Å². The number of anilines is 1. The van der Waals surface area contributed by atoms with Gasteiger partial charge in [-0.2, -0.15) is 0 Å². The van der Waals surface area contributed by atoms with Crippen LogP contribution in [0.3, 0.4) is 0 Å². The molecule has 2 aliphatic heterocycles. The van der Waals surface area contributed by atoms with E-state index in [0.29, 0.717) is 6.54 Å². The molecule has 1 fully saturated rings. The highest BCUT2D eigenvalue weighted by atomic mass is 16.4. The number of fused-ring (bicyclic) bond motifs is 1. The average Bonchev–Trinajstić information content (AvgIpc) is 3.13. The van der Waals surface area contributed by atoms with Crippen molar-refractivity contribution in [3.8, 4) is 0 Å². The average molecular weight is 288 g/mol. The molecule has 2 N–H and O–H groups in total. The molecule has 1 unspecified atom stereocenters. The zero-order valence-electron chi connectivity index (χ0n) is 12.2. The van der Waals surface area contributed by atoms with E-state index in [4.69, 9.17) is 5.11 Å². The maximum Gasteiger partial charge on any atom is 0.335 e. The van der Waals surface area contributed by atoms with E-state index in [1.807, 2.05) is 4.90 Å². The van der Waals surface area contributed by atoms with Crippen LogP contribution in [-0.2, 0) is 11.2 Å². The number of carboxylic acids is 1. The molecule has 1 atom stereocenters. The summed E-state index contributed by atoms with van der Waals surface area (Å²) in [5, 5.41) is 12.3. The van der Waals surface area contributed by atoms with Gasteiger partial charge in [0.15, 0.2) is 0 Å². The Labute approximate surface area is 123 Å². The number of nitrogens with one attached hydrogen (secondary N) is 1. The van der Waals surface area contributed by atoms with Crippen LogP contribution in [0.15, 0.2) is 18.2 Å². The van der Waals surface area contributed by atoms with E-state index in [-0.39, 0.29) is 16.9 Å². The number of hydrogen-bond acceptors (Lipinski definition) is 3. The molecule has 0 radical (unpaired) electrons. The first-order chi connectivity index (χ1) is 10.1. The summed E-state index contributed by atoms with van der Waals surface area (Å²) in [5.74, 6) is -0.746. The predicted molar refractivity (Wildman–Crippen MR) is 79.7 cm³/mol. The zero-order chi connectivity index (χ0) is 15.0. The summed E-state index contributed by atoms with van der Waals surface area (Å²) >= 11 is 0. The van der Waals surface area contributed by atoms with Gasteiger partial charge in [-0.1, -0.05) is 6.92 Å². The molecule has 3 rings (SSSR count). The lowest BCUT2D eigenvalue weighted by Crippen LogP contribution is -2.44. The lowest BCUT2D eigenvalue weighted by Gasteiger charge is -2.31. The van der Waals surface area contributed by atoms with E-state index in [1.165, 1.54) is 0 Å². The fourth-order valence-electron chi connectivity index (χ4n) is 3.41. The van der Waals surface area contributed by atoms with Crippen molar-refractivity contribution in [1.29, 1.82) is 0 Å². The van der Waals surface area contributed by atoms with E-state index in [2.05, 4.69) is 12.2 Å². The molecule has 5 nitrogen and oxygen atoms in total. The molecule has 1 aromatic rings. The normalized spacial score (nSPS) is 24.1. The molecule has 0 spiro atoms. The monoisotopic (exact) mass is 288 g/mol. The Morgan fingerprint density at radius 1 is 1.43 bits per heavy atom. The van der Waals surface area contributed by atoms with Crippen molar-refractivity contribution < 1.29 is 14.7 Å². The number of hydrogen-bond donors (Lipinski definition) is 2. The van der Waals surface area contributed by atoms with Crippen LogP contribution in [0.4, 0.5) is 5.69 Å². The maximum absolute atomic E-state index is 13.0. The van der Waals surface area contributed by atoms with E-state index < -0.39 is 5.97 Å². The first kappa shape index (κ1) is 14.1. The number of carbonyl (C=O) groups excluding carboxylic acids is 1. The standard InChI is InChI=1S/C16H20N2O3/c1-2-16(6-7-17-10-16)15(21)18-8-5-11-9-12(14(19)20)3-4-13(11)18/h3-4,9,17H,2,5-8,10H2,1H3,(H,19,20). The van der Waals surface area contributed by atoms with Gasteiger partial charge in [0.2, 0.25) is 5.91 Å². The minimum atomic E-state index is -0.924. The molecular formula is C16H20N2O3. The van der Waals surface area contributed by atoms with Crippen molar-refractivity contribution in [3.05, 3.63) is 29.3 Å². The fourth-order valence-corrected chi connectivity index (χ4v) is 3.41. The predicted octanol–water partition coefficient (Wildman–Crippen LogP) is 1.66. The van der Waals surface area contributed by atoms with Gasteiger partial charge in [0.25, 0.3) is 0 Å². The van der Waals surface area contributed by atoms with Crippen molar-refractivity contribution in [2.24, 2.45) is 5.41 Å². The second kappa shape index (κ2) is 5.15. The van der Waals surface area contributed by atoms with E-state index in [9.17, 15) is 9.59 Å². The summed E-state index contributed by atoms with van der Waals surface area (Å²) < 4.78 is 0. The molecular weight excluding hydrogens is 268 g/mol. The first-order valence-electron chi connectivity index (χ1n) is 7.46. The minimum Gasteiger partial charge on any atom is -0.478 e. The summed E-state index contributed by atoms with van der Waals surface area (Å²) in [4.78, 5) is 25.8. The quantitative estimate of drug-likeness (QED) is 0.887. The number of benzene rings is 1. The Morgan fingerprint density at radius 2 is 2.24 bits per heavy atom. The van der Waals surface area contributed by atoms with E-state index in [0.717, 1.165) is 43.6 Å². The van der Waals surface area contributed by atoms with Gasteiger partial charge in [-0.25, -0.2) is 4.79 Å². The van der Waals surface area contributed by atoms with E-state index >= 15 is 0 Å². The molecule has 0 saturated carbocycles. The number of rotatable bonds is 3. The number of nitrogens with zero attached hydrogens (tertiary/aromatic N) is 1. The van der Waals surface area contributed by atoms with Crippen LogP contribution in [0, 0.1) is 5.41 Å². The molecule has 1 aromatic carbocycles. The number of amides is 1. The van der Waals surface area contributed by atoms with Gasteiger partial charge in [0.1, 0.15) is 0 Å². The van der Waals surface area contributed by atoms with Crippen molar-refractivity contribution >= 4 is 17.6 Å². The smallest absolute Gasteiger partial charge is 0.335 e. The van der Waals surface area contributed by atoms with Gasteiger partial charge in [0, 0.05) is 18.8 Å². The molecule has 2 heterocycles. The summed E-state index contributed by atoms with van der Waals surface area (Å²) in [6, 6.07) is 5.05. The van der Waals surface area contributed by atoms with Gasteiger partial charge in [-0.05, 0) is 49.6 Å². The molecule has 0 aromatic heterocycles. The van der Waals surface area contributed by atoms with Gasteiger partial charge in [0.05, 0.1) is 11.0 Å². The largest absolute Gasteiger partial charge is 0.478 e. The van der Waals surface area contributed by atoms with Crippen LogP contribution in [0.2, 0.25) is 0 Å². The topological polar surface area (TPSA) is 69.6 Å². The van der Waals surface area contributed by atoms with Crippen LogP contribution < -0.4 is 10.2 Å². The third-order valence-electron chi connectivity index (χ3n) is 4.84. The molecule has 2 aliphatic rings. The lowest BCUT2D eigenvalue weighted by molar-refractivity contribution is -0.127. The second-order valence-electron chi connectivity index (χ2n) is 5.92. The maximum atomic E-state index is 13.0. The fraction of sp³-hybridized carbons (Fsp3) is 0.500. The van der Waals surface area contributed by atoms with Crippen molar-refractivity contribution in [2.45, 2.75) is 26.2 Å². The van der Waals surface area contributed by atoms with Crippen LogP contribution >= 0.6 is 0 Å². The third kappa shape index (κ3) is 2.21. The third-order valence-corrected chi connectivity index (χ3v) is 4.84. The van der Waals surface area contributed by atoms with Crippen molar-refractivity contribution in [3.63, 3.8) is 0 Å². The molecule has 5 heteroatoms. The van der Waals surface area contributed by atoms with Crippen LogP contribution in [0.5, 0.6) is 0 Å². The van der Waals surface area contributed by atoms with Gasteiger partial charge in [-0.3, -0.25) is 4.79 Å². The van der Waals surface area contributed by atoms with Crippen LogP contribution in [0.25, 0.3) is 0 Å². The lowest BCUT2D eigenvalue weighted by atomic mass is 9.82. The van der Waals surface area contributed by atoms with Crippen molar-refractivity contribution in [2.75, 3.05) is 24.5 Å². The second-order valence-corrected chi connectivity index (χ2v) is 5.92. The highest BCUT2D eigenvalue weighted by Crippen LogP contribution is 2.37. The summed E-state index contributed by atoms with van der Waals surface area (Å²) in [6.07, 6.45) is 2.44.